The molecule has 0 aliphatic rings. The largest absolute Gasteiger partial charge is 0.480 e. The van der Waals surface area contributed by atoms with Gasteiger partial charge in [-0.2, -0.15) is 0 Å². The molecule has 0 saturated carbocycles. The summed E-state index contributed by atoms with van der Waals surface area (Å²) in [6.45, 7) is 4.85. The predicted molar refractivity (Wildman–Crippen MR) is 68.8 cm³/mol. The maximum atomic E-state index is 10.9. The van der Waals surface area contributed by atoms with Gasteiger partial charge in [-0.3, -0.25) is 19.9 Å². The number of pyridine rings is 1. The molecule has 0 aliphatic carbocycles. The summed E-state index contributed by atoms with van der Waals surface area (Å²) >= 11 is 1.19. The average Bonchev–Trinajstić information content (AvgIpc) is 2.27. The lowest BCUT2D eigenvalue weighted by atomic mass is 10.1. The summed E-state index contributed by atoms with van der Waals surface area (Å²) in [4.78, 5) is 25.3. The van der Waals surface area contributed by atoms with Crippen molar-refractivity contribution in [2.45, 2.75) is 31.8 Å². The lowest BCUT2D eigenvalue weighted by molar-refractivity contribution is -0.386. The summed E-state index contributed by atoms with van der Waals surface area (Å²) < 4.78 is 0. The highest BCUT2D eigenvalue weighted by molar-refractivity contribution is 7.99. The number of aromatic nitrogens is 1. The van der Waals surface area contributed by atoms with Crippen molar-refractivity contribution in [2.24, 2.45) is 0 Å². The van der Waals surface area contributed by atoms with Crippen molar-refractivity contribution in [3.63, 3.8) is 0 Å². The number of carboxylic acids is 1. The van der Waals surface area contributed by atoms with E-state index in [0.717, 1.165) is 0 Å². The van der Waals surface area contributed by atoms with Crippen LogP contribution in [-0.2, 0) is 10.5 Å². The number of nitrogens with zero attached hydrogens (tertiary/aromatic N) is 2. The van der Waals surface area contributed by atoms with E-state index in [-0.39, 0.29) is 5.69 Å². The Morgan fingerprint density at radius 3 is 2.72 bits per heavy atom. The van der Waals surface area contributed by atoms with Gasteiger partial charge in [-0.05, 0) is 20.8 Å². The molecule has 1 heterocycles. The first-order valence-electron chi connectivity index (χ1n) is 5.28. The van der Waals surface area contributed by atoms with Crippen LogP contribution >= 0.6 is 11.8 Å². The minimum atomic E-state index is -0.903. The molecule has 1 aromatic heterocycles. The molecule has 0 spiro atoms. The van der Waals surface area contributed by atoms with E-state index in [1.54, 1.807) is 20.8 Å². The third kappa shape index (κ3) is 3.19. The molecule has 18 heavy (non-hydrogen) atoms. The zero-order valence-corrected chi connectivity index (χ0v) is 11.2. The van der Waals surface area contributed by atoms with E-state index in [1.807, 2.05) is 0 Å². The predicted octanol–water partition coefficient (Wildman–Crippen LogP) is 2.31. The van der Waals surface area contributed by atoms with E-state index in [4.69, 9.17) is 5.11 Å². The van der Waals surface area contributed by atoms with Crippen molar-refractivity contribution in [1.29, 1.82) is 0 Å². The molecule has 1 unspecified atom stereocenters. The van der Waals surface area contributed by atoms with Crippen molar-refractivity contribution in [1.82, 2.24) is 4.98 Å². The summed E-state index contributed by atoms with van der Waals surface area (Å²) in [5, 5.41) is 19.1. The number of carboxylic acid groups (broad SMARTS) is 1. The van der Waals surface area contributed by atoms with Gasteiger partial charge in [0.25, 0.3) is 5.69 Å². The van der Waals surface area contributed by atoms with E-state index >= 15 is 0 Å². The normalized spacial score (nSPS) is 12.2. The van der Waals surface area contributed by atoms with Crippen LogP contribution in [0.4, 0.5) is 5.69 Å². The van der Waals surface area contributed by atoms with Gasteiger partial charge in [-0.1, -0.05) is 0 Å². The van der Waals surface area contributed by atoms with E-state index < -0.39 is 16.1 Å². The Kier molecular flexibility index (Phi) is 4.66. The number of hydrogen-bond acceptors (Lipinski definition) is 5. The number of carbonyl (C=O) groups is 1. The number of rotatable bonds is 5. The highest BCUT2D eigenvalue weighted by atomic mass is 32.2. The summed E-state index contributed by atoms with van der Waals surface area (Å²) in [6, 6.07) is 0. The first kappa shape index (κ1) is 14.4. The van der Waals surface area contributed by atoms with E-state index in [1.165, 1.54) is 18.0 Å². The van der Waals surface area contributed by atoms with Crippen LogP contribution in [0.25, 0.3) is 0 Å². The number of aryl methyl sites for hydroxylation is 1. The minimum Gasteiger partial charge on any atom is -0.480 e. The lowest BCUT2D eigenvalue weighted by Crippen LogP contribution is -2.12. The summed E-state index contributed by atoms with van der Waals surface area (Å²) in [5.74, 6) is -0.556. The summed E-state index contributed by atoms with van der Waals surface area (Å²) in [7, 11) is 0. The van der Waals surface area contributed by atoms with Crippen LogP contribution in [0.5, 0.6) is 0 Å². The number of hydrogen-bond donors (Lipinski definition) is 1. The quantitative estimate of drug-likeness (QED) is 0.651. The van der Waals surface area contributed by atoms with Crippen molar-refractivity contribution in [3.05, 3.63) is 33.1 Å². The van der Waals surface area contributed by atoms with E-state index in [0.29, 0.717) is 22.6 Å². The van der Waals surface area contributed by atoms with Crippen LogP contribution in [-0.4, -0.2) is 26.2 Å². The fourth-order valence-electron chi connectivity index (χ4n) is 1.47. The molecule has 0 fully saturated rings. The van der Waals surface area contributed by atoms with Gasteiger partial charge >= 0.3 is 5.97 Å². The summed E-state index contributed by atoms with van der Waals surface area (Å²) in [6.07, 6.45) is 1.45. The number of nitro groups is 1. The van der Waals surface area contributed by atoms with Crippen LogP contribution in [0, 0.1) is 24.0 Å². The average molecular weight is 270 g/mol. The van der Waals surface area contributed by atoms with Crippen LogP contribution < -0.4 is 0 Å². The lowest BCUT2D eigenvalue weighted by Gasteiger charge is -2.09. The smallest absolute Gasteiger partial charge is 0.316 e. The molecule has 7 heteroatoms. The Hall–Kier alpha value is -1.63. The van der Waals surface area contributed by atoms with Gasteiger partial charge in [0.1, 0.15) is 0 Å². The fraction of sp³-hybridized carbons (Fsp3) is 0.455. The second-order valence-corrected chi connectivity index (χ2v) is 5.24. The molecule has 0 radical (unpaired) electrons. The molecule has 0 aromatic carbocycles. The second-order valence-electron chi connectivity index (χ2n) is 3.91. The Balaban J connectivity index is 2.95. The molecule has 6 nitrogen and oxygen atoms in total. The third-order valence-corrected chi connectivity index (χ3v) is 3.72. The van der Waals surface area contributed by atoms with Gasteiger partial charge in [-0.25, -0.2) is 0 Å². The first-order valence-corrected chi connectivity index (χ1v) is 6.33. The number of thioether (sulfide) groups is 1. The van der Waals surface area contributed by atoms with Crippen LogP contribution in [0.15, 0.2) is 6.20 Å². The van der Waals surface area contributed by atoms with Crippen molar-refractivity contribution in [2.75, 3.05) is 0 Å². The van der Waals surface area contributed by atoms with Crippen molar-refractivity contribution in [3.8, 4) is 0 Å². The molecule has 1 N–H and O–H groups in total. The zero-order chi connectivity index (χ0) is 13.9. The maximum Gasteiger partial charge on any atom is 0.316 e. The van der Waals surface area contributed by atoms with Gasteiger partial charge < -0.3 is 5.11 Å². The number of aliphatic carboxylic acids is 1. The molecule has 0 amide bonds. The van der Waals surface area contributed by atoms with Gasteiger partial charge in [0.2, 0.25) is 0 Å². The molecule has 0 bridgehead atoms. The molecule has 0 saturated heterocycles. The Labute approximate surface area is 109 Å². The third-order valence-electron chi connectivity index (χ3n) is 2.58. The topological polar surface area (TPSA) is 93.3 Å². The van der Waals surface area contributed by atoms with Gasteiger partial charge in [-0.15, -0.1) is 11.8 Å². The molecule has 1 atom stereocenters. The highest BCUT2D eigenvalue weighted by Gasteiger charge is 2.20. The molecular formula is C11H14N2O4S. The van der Waals surface area contributed by atoms with E-state index in [2.05, 4.69) is 4.98 Å². The van der Waals surface area contributed by atoms with Crippen LogP contribution in [0.2, 0.25) is 0 Å². The molecule has 98 valence electrons. The zero-order valence-electron chi connectivity index (χ0n) is 10.3. The van der Waals surface area contributed by atoms with Gasteiger partial charge in [0.15, 0.2) is 0 Å². The standard InChI is InChI=1S/C11H14N2O4S/c1-6-4-12-9(5-18-8(3)11(14)15)7(2)10(6)13(16)17/h4,8H,5H2,1-3H3,(H,14,15). The first-order chi connectivity index (χ1) is 8.34. The molecule has 1 rings (SSSR count). The van der Waals surface area contributed by atoms with E-state index in [9.17, 15) is 14.9 Å². The molecular weight excluding hydrogens is 256 g/mol. The summed E-state index contributed by atoms with van der Waals surface area (Å²) in [5.41, 5.74) is 1.64. The fourth-order valence-corrected chi connectivity index (χ4v) is 2.31. The van der Waals surface area contributed by atoms with Crippen molar-refractivity contribution >= 4 is 23.4 Å². The van der Waals surface area contributed by atoms with Gasteiger partial charge in [0, 0.05) is 23.1 Å². The Morgan fingerprint density at radius 2 is 2.22 bits per heavy atom. The van der Waals surface area contributed by atoms with Crippen LogP contribution in [0.1, 0.15) is 23.7 Å². The Morgan fingerprint density at radius 1 is 1.61 bits per heavy atom. The maximum absolute atomic E-state index is 10.9. The van der Waals surface area contributed by atoms with Gasteiger partial charge in [0.05, 0.1) is 15.9 Å². The minimum absolute atomic E-state index is 0.0589. The monoisotopic (exact) mass is 270 g/mol. The van der Waals surface area contributed by atoms with Crippen LogP contribution in [0.3, 0.4) is 0 Å². The van der Waals surface area contributed by atoms with Crippen molar-refractivity contribution < 1.29 is 14.8 Å². The Bertz CT molecular complexity index is 490. The molecule has 1 aromatic rings. The highest BCUT2D eigenvalue weighted by Crippen LogP contribution is 2.27. The SMILES string of the molecule is Cc1cnc(CSC(C)C(=O)O)c(C)c1[N+](=O)[O-]. The second kappa shape index (κ2) is 5.81. The molecule has 0 aliphatic heterocycles.